The van der Waals surface area contributed by atoms with Crippen molar-refractivity contribution in [2.75, 3.05) is 57.3 Å². The van der Waals surface area contributed by atoms with Gasteiger partial charge in [0.15, 0.2) is 5.69 Å². The normalized spacial score (nSPS) is 20.4. The van der Waals surface area contributed by atoms with Gasteiger partial charge in [0.1, 0.15) is 18.0 Å². The molecule has 0 bridgehead atoms. The Morgan fingerprint density at radius 2 is 1.52 bits per heavy atom. The summed E-state index contributed by atoms with van der Waals surface area (Å²) in [5, 5.41) is 0.573. The van der Waals surface area contributed by atoms with Gasteiger partial charge in [-0.2, -0.15) is 0 Å². The first-order valence-electron chi connectivity index (χ1n) is 19.7. The number of piperidine rings is 1. The van der Waals surface area contributed by atoms with Gasteiger partial charge in [-0.1, -0.05) is 43.6 Å². The number of carbonyl (C=O) groups is 1. The van der Waals surface area contributed by atoms with Crippen molar-refractivity contribution >= 4 is 29.3 Å². The molecular formula is C43H56ClN7O3. The number of ether oxygens (including phenoxy) is 2. The van der Waals surface area contributed by atoms with E-state index in [1.807, 2.05) is 62.2 Å². The number of anilines is 1. The third-order valence-corrected chi connectivity index (χ3v) is 12.5. The Morgan fingerprint density at radius 3 is 2.17 bits per heavy atom. The third-order valence-electron chi connectivity index (χ3n) is 12.2. The molecule has 1 saturated carbocycles. The molecule has 4 aliphatic rings. The van der Waals surface area contributed by atoms with Crippen LogP contribution in [0.3, 0.4) is 0 Å². The minimum absolute atomic E-state index is 0.155. The molecule has 0 unspecified atom stereocenters. The number of rotatable bonds is 8. The largest absolute Gasteiger partial charge is 0.487 e. The molecule has 4 heterocycles. The highest BCUT2D eigenvalue weighted by atomic mass is 35.5. The first-order chi connectivity index (χ1) is 25.8. The van der Waals surface area contributed by atoms with Crippen LogP contribution >= 0.6 is 11.6 Å². The zero-order valence-electron chi connectivity index (χ0n) is 32.7. The molecule has 10 nitrogen and oxygen atoms in total. The van der Waals surface area contributed by atoms with Crippen LogP contribution in [-0.4, -0.2) is 101 Å². The zero-order chi connectivity index (χ0) is 38.1. The highest BCUT2D eigenvalue weighted by Crippen LogP contribution is 2.46. The van der Waals surface area contributed by atoms with Crippen LogP contribution in [0.15, 0.2) is 54.7 Å². The van der Waals surface area contributed by atoms with Crippen LogP contribution in [0.25, 0.3) is 4.85 Å². The van der Waals surface area contributed by atoms with E-state index >= 15 is 0 Å². The minimum Gasteiger partial charge on any atom is -0.487 e. The second-order valence-electron chi connectivity index (χ2n) is 17.5. The number of halogens is 1. The Morgan fingerprint density at radius 1 is 0.870 bits per heavy atom. The first-order valence-corrected chi connectivity index (χ1v) is 20.1. The van der Waals surface area contributed by atoms with Crippen molar-refractivity contribution in [3.05, 3.63) is 88.0 Å². The number of aromatic nitrogens is 2. The number of likely N-dealkylation sites (tertiary alicyclic amines) is 2. The summed E-state index contributed by atoms with van der Waals surface area (Å²) in [7, 11) is 0. The van der Waals surface area contributed by atoms with Gasteiger partial charge in [-0.05, 0) is 114 Å². The van der Waals surface area contributed by atoms with Gasteiger partial charge in [0.25, 0.3) is 0 Å². The molecule has 11 heteroatoms. The molecule has 0 atom stereocenters. The second kappa shape index (κ2) is 15.7. The van der Waals surface area contributed by atoms with Crippen LogP contribution in [0.4, 0.5) is 16.4 Å². The Balaban J connectivity index is 0.832. The lowest BCUT2D eigenvalue weighted by Crippen LogP contribution is -2.61. The maximum atomic E-state index is 12.5. The molecule has 2 aromatic carbocycles. The molecule has 1 spiro atoms. The first kappa shape index (κ1) is 38.4. The summed E-state index contributed by atoms with van der Waals surface area (Å²) in [6.07, 6.45) is 9.09. The van der Waals surface area contributed by atoms with Crippen LogP contribution in [0.5, 0.6) is 5.75 Å². The van der Waals surface area contributed by atoms with Crippen molar-refractivity contribution in [3.63, 3.8) is 0 Å². The van der Waals surface area contributed by atoms with Crippen molar-refractivity contribution in [2.24, 2.45) is 5.41 Å². The van der Waals surface area contributed by atoms with Crippen LogP contribution in [0, 0.1) is 12.0 Å². The van der Waals surface area contributed by atoms with E-state index < -0.39 is 5.60 Å². The number of carbonyl (C=O) groups excluding carboxylic acids is 1. The fourth-order valence-corrected chi connectivity index (χ4v) is 9.16. The summed E-state index contributed by atoms with van der Waals surface area (Å²) >= 11 is 6.31. The summed E-state index contributed by atoms with van der Waals surface area (Å²) in [6.45, 7) is 25.9. The fourth-order valence-electron chi connectivity index (χ4n) is 8.93. The van der Waals surface area contributed by atoms with Gasteiger partial charge in [-0.15, -0.1) is 0 Å². The highest BCUT2D eigenvalue weighted by molar-refractivity contribution is 6.31. The number of hydrogen-bond acceptors (Lipinski definition) is 8. The molecule has 0 radical (unpaired) electrons. The van der Waals surface area contributed by atoms with Gasteiger partial charge >= 0.3 is 6.09 Å². The van der Waals surface area contributed by atoms with Crippen molar-refractivity contribution in [3.8, 4) is 5.75 Å². The van der Waals surface area contributed by atoms with E-state index in [-0.39, 0.29) is 11.5 Å². The molecule has 3 aliphatic heterocycles. The summed E-state index contributed by atoms with van der Waals surface area (Å²) in [6, 6.07) is 16.9. The minimum atomic E-state index is -0.434. The maximum Gasteiger partial charge on any atom is 0.410 e. The lowest BCUT2D eigenvalue weighted by Gasteiger charge is -2.54. The van der Waals surface area contributed by atoms with E-state index in [0.717, 1.165) is 67.8 Å². The Bertz CT molecular complexity index is 1810. The van der Waals surface area contributed by atoms with Gasteiger partial charge in [-0.3, -0.25) is 4.90 Å². The molecule has 288 valence electrons. The number of benzene rings is 2. The average Bonchev–Trinajstić information content (AvgIpc) is 3.15. The third kappa shape index (κ3) is 8.80. The van der Waals surface area contributed by atoms with E-state index in [2.05, 4.69) is 50.5 Å². The van der Waals surface area contributed by atoms with E-state index in [0.29, 0.717) is 34.8 Å². The van der Waals surface area contributed by atoms with Crippen molar-refractivity contribution in [1.29, 1.82) is 0 Å². The van der Waals surface area contributed by atoms with Gasteiger partial charge in [0.05, 0.1) is 12.3 Å². The van der Waals surface area contributed by atoms with Gasteiger partial charge in [0.2, 0.25) is 5.95 Å². The highest BCUT2D eigenvalue weighted by Gasteiger charge is 2.48. The summed E-state index contributed by atoms with van der Waals surface area (Å²) < 4.78 is 11.7. The van der Waals surface area contributed by atoms with E-state index in [9.17, 15) is 4.79 Å². The molecule has 54 heavy (non-hydrogen) atoms. The van der Waals surface area contributed by atoms with Crippen molar-refractivity contribution < 1.29 is 14.3 Å². The van der Waals surface area contributed by atoms with Crippen molar-refractivity contribution in [1.82, 2.24) is 24.7 Å². The molecule has 1 aromatic heterocycles. The van der Waals surface area contributed by atoms with Gasteiger partial charge < -0.3 is 24.2 Å². The molecule has 1 aliphatic carbocycles. The summed E-state index contributed by atoms with van der Waals surface area (Å²) in [5.74, 6) is 1.55. The number of hydrogen-bond donors (Lipinski definition) is 0. The monoisotopic (exact) mass is 753 g/mol. The Hall–Kier alpha value is -3.91. The predicted molar refractivity (Wildman–Crippen MR) is 214 cm³/mol. The molecule has 0 N–H and O–H groups in total. The molecule has 4 fully saturated rings. The number of nitrogens with zero attached hydrogens (tertiary/aromatic N) is 7. The SMILES string of the molecule is [C-]#[N+]c1cc(Cl)cc(C(C)(C)c2ccc(OCc3ccnc(N4CCN(C5CCN(C6CCC7(CC6)CN(C(=O)OC(C)(C)C)C7)CC5)CC4)n3)cc2)c1. The van der Waals surface area contributed by atoms with Crippen LogP contribution in [-0.2, 0) is 16.8 Å². The predicted octanol–water partition coefficient (Wildman–Crippen LogP) is 8.35. The molecular weight excluding hydrogens is 698 g/mol. The fraction of sp³-hybridized carbons (Fsp3) is 0.581. The van der Waals surface area contributed by atoms with Crippen LogP contribution < -0.4 is 9.64 Å². The summed E-state index contributed by atoms with van der Waals surface area (Å²) in [5.41, 5.74) is 3.08. The second-order valence-corrected chi connectivity index (χ2v) is 17.9. The quantitative estimate of drug-likeness (QED) is 0.213. The Labute approximate surface area is 326 Å². The van der Waals surface area contributed by atoms with E-state index in [1.165, 1.54) is 51.6 Å². The average molecular weight is 754 g/mol. The summed E-state index contributed by atoms with van der Waals surface area (Å²) in [4.78, 5) is 35.2. The van der Waals surface area contributed by atoms with E-state index in [4.69, 9.17) is 32.6 Å². The molecule has 7 rings (SSSR count). The van der Waals surface area contributed by atoms with Crippen LogP contribution in [0.2, 0.25) is 5.02 Å². The lowest BCUT2D eigenvalue weighted by atomic mass is 9.67. The van der Waals surface area contributed by atoms with Crippen LogP contribution in [0.1, 0.15) is 90.0 Å². The van der Waals surface area contributed by atoms with Crippen molar-refractivity contribution in [2.45, 2.75) is 103 Å². The maximum absolute atomic E-state index is 12.5. The number of piperazine rings is 1. The topological polar surface area (TPSA) is 78.6 Å². The Kier molecular flexibility index (Phi) is 11.1. The molecule has 3 saturated heterocycles. The standard InChI is InChI=1S/C43H56ClN7O3/c1-41(2,3)54-40(52)51-29-43(30-51)16-11-36(12-17-43)48-19-14-37(15-20-48)49-21-23-50(24-22-49)39-46-18-13-34(47-39)28-53-38-9-7-31(8-10-38)42(4,5)32-25-33(44)27-35(26-32)45-6/h7-10,13,18,25-27,36-37H,11-12,14-17,19-24,28-30H2,1-5H3. The molecule has 3 aromatic rings. The van der Waals surface area contributed by atoms with E-state index in [1.54, 1.807) is 6.07 Å². The zero-order valence-corrected chi connectivity index (χ0v) is 33.4. The number of amides is 1. The lowest BCUT2D eigenvalue weighted by molar-refractivity contribution is -0.0605. The molecule has 1 amide bonds. The van der Waals surface area contributed by atoms with Gasteiger partial charge in [-0.25, -0.2) is 19.6 Å². The smallest absolute Gasteiger partial charge is 0.410 e. The van der Waals surface area contributed by atoms with Gasteiger partial charge in [0, 0.05) is 73.4 Å².